The van der Waals surface area contributed by atoms with Gasteiger partial charge in [0.1, 0.15) is 0 Å². The van der Waals surface area contributed by atoms with Crippen molar-refractivity contribution in [3.63, 3.8) is 0 Å². The Hall–Kier alpha value is -0.870. The highest BCUT2D eigenvalue weighted by molar-refractivity contribution is 9.10. The molecule has 0 spiro atoms. The normalized spacial score (nSPS) is 10.8. The van der Waals surface area contributed by atoms with Crippen LogP contribution in [0.4, 0.5) is 0 Å². The van der Waals surface area contributed by atoms with Gasteiger partial charge in [-0.2, -0.15) is 0 Å². The molecule has 62 valence electrons. The van der Waals surface area contributed by atoms with Crippen LogP contribution in [0.15, 0.2) is 22.9 Å². The molecular weight excluding hydrogens is 218 g/mol. The maximum atomic E-state index is 5.59. The quantitative estimate of drug-likeness (QED) is 0.778. The van der Waals surface area contributed by atoms with Crippen molar-refractivity contribution in [2.75, 3.05) is 0 Å². The zero-order valence-corrected chi connectivity index (χ0v) is 7.93. The van der Waals surface area contributed by atoms with E-state index < -0.39 is 0 Å². The molecule has 3 nitrogen and oxygen atoms in total. The van der Waals surface area contributed by atoms with Gasteiger partial charge in [-0.25, -0.2) is 4.98 Å². The molecule has 0 atom stereocenters. The molecule has 0 bridgehead atoms. The van der Waals surface area contributed by atoms with Crippen molar-refractivity contribution in [1.29, 1.82) is 0 Å². The Labute approximate surface area is 78.1 Å². The number of nitrogens with two attached hydrogens (primary N) is 1. The van der Waals surface area contributed by atoms with Crippen molar-refractivity contribution in [2.45, 2.75) is 6.54 Å². The van der Waals surface area contributed by atoms with Crippen LogP contribution in [0.25, 0.3) is 11.0 Å². The van der Waals surface area contributed by atoms with Gasteiger partial charge in [0.2, 0.25) is 0 Å². The molecule has 4 heteroatoms. The minimum absolute atomic E-state index is 0.503. The lowest BCUT2D eigenvalue weighted by Crippen LogP contribution is -1.98. The summed E-state index contributed by atoms with van der Waals surface area (Å²) in [6.45, 7) is 0.503. The summed E-state index contributed by atoms with van der Waals surface area (Å²) in [6.07, 6.45) is 1.68. The predicted molar refractivity (Wildman–Crippen MR) is 51.7 cm³/mol. The van der Waals surface area contributed by atoms with E-state index in [4.69, 9.17) is 5.73 Å². The number of H-pyrrole nitrogens is 1. The maximum Gasteiger partial charge on any atom is 0.0938 e. The smallest absolute Gasteiger partial charge is 0.0938 e. The first-order valence-corrected chi connectivity index (χ1v) is 4.42. The average Bonchev–Trinajstić information content (AvgIpc) is 2.52. The fourth-order valence-corrected chi connectivity index (χ4v) is 1.72. The molecule has 0 aliphatic rings. The minimum Gasteiger partial charge on any atom is -0.345 e. The number of nitrogens with zero attached hydrogens (tertiary/aromatic N) is 1. The van der Waals surface area contributed by atoms with E-state index in [1.165, 1.54) is 0 Å². The van der Waals surface area contributed by atoms with Crippen molar-refractivity contribution in [1.82, 2.24) is 9.97 Å². The summed E-state index contributed by atoms with van der Waals surface area (Å²) in [5, 5.41) is 0. The van der Waals surface area contributed by atoms with Crippen molar-refractivity contribution in [3.05, 3.63) is 28.5 Å². The lowest BCUT2D eigenvalue weighted by Gasteiger charge is -2.00. The molecule has 1 aromatic carbocycles. The second kappa shape index (κ2) is 2.88. The van der Waals surface area contributed by atoms with Crippen LogP contribution in [0.1, 0.15) is 5.56 Å². The number of hydrogen-bond donors (Lipinski definition) is 2. The third-order valence-electron chi connectivity index (χ3n) is 1.84. The average molecular weight is 226 g/mol. The second-order valence-electron chi connectivity index (χ2n) is 2.53. The number of aromatic amines is 1. The number of fused-ring (bicyclic) bond motifs is 1. The zero-order chi connectivity index (χ0) is 8.55. The summed E-state index contributed by atoms with van der Waals surface area (Å²) in [6, 6.07) is 3.95. The first-order chi connectivity index (χ1) is 5.83. The van der Waals surface area contributed by atoms with Crippen LogP contribution >= 0.6 is 15.9 Å². The Morgan fingerprint density at radius 3 is 3.08 bits per heavy atom. The number of imidazole rings is 1. The highest BCUT2D eigenvalue weighted by atomic mass is 79.9. The highest BCUT2D eigenvalue weighted by Crippen LogP contribution is 2.23. The molecule has 1 aromatic heterocycles. The zero-order valence-electron chi connectivity index (χ0n) is 6.34. The number of aromatic nitrogens is 2. The number of hydrogen-bond acceptors (Lipinski definition) is 2. The largest absolute Gasteiger partial charge is 0.345 e. The molecule has 0 amide bonds. The predicted octanol–water partition coefficient (Wildman–Crippen LogP) is 1.78. The SMILES string of the molecule is NCc1c(Br)ccc2[nH]cnc12. The number of halogens is 1. The molecule has 0 radical (unpaired) electrons. The third-order valence-corrected chi connectivity index (χ3v) is 2.59. The lowest BCUT2D eigenvalue weighted by molar-refractivity contribution is 1.07. The molecule has 0 fully saturated rings. The molecule has 0 aliphatic heterocycles. The molecule has 0 saturated heterocycles. The van der Waals surface area contributed by atoms with Gasteiger partial charge in [0, 0.05) is 16.6 Å². The molecule has 0 saturated carbocycles. The Bertz CT molecular complexity index is 408. The lowest BCUT2D eigenvalue weighted by atomic mass is 10.2. The van der Waals surface area contributed by atoms with E-state index in [2.05, 4.69) is 25.9 Å². The van der Waals surface area contributed by atoms with Gasteiger partial charge in [-0.3, -0.25) is 0 Å². The molecular formula is C8H8BrN3. The van der Waals surface area contributed by atoms with Gasteiger partial charge in [0.15, 0.2) is 0 Å². The Morgan fingerprint density at radius 2 is 2.33 bits per heavy atom. The van der Waals surface area contributed by atoms with Crippen LogP contribution in [0.5, 0.6) is 0 Å². The summed E-state index contributed by atoms with van der Waals surface area (Å²) in [5.41, 5.74) is 8.62. The summed E-state index contributed by atoms with van der Waals surface area (Å²) in [4.78, 5) is 7.22. The molecule has 3 N–H and O–H groups in total. The molecule has 0 unspecified atom stereocenters. The van der Waals surface area contributed by atoms with E-state index in [9.17, 15) is 0 Å². The number of benzene rings is 1. The first-order valence-electron chi connectivity index (χ1n) is 3.63. The first kappa shape index (κ1) is 7.76. The monoisotopic (exact) mass is 225 g/mol. The van der Waals surface area contributed by atoms with Crippen LogP contribution in [-0.2, 0) is 6.54 Å². The Morgan fingerprint density at radius 1 is 1.50 bits per heavy atom. The highest BCUT2D eigenvalue weighted by Gasteiger charge is 2.05. The van der Waals surface area contributed by atoms with Crippen molar-refractivity contribution in [3.8, 4) is 0 Å². The summed E-state index contributed by atoms with van der Waals surface area (Å²) in [7, 11) is 0. The summed E-state index contributed by atoms with van der Waals surface area (Å²) in [5.74, 6) is 0. The Balaban J connectivity index is 2.83. The topological polar surface area (TPSA) is 54.7 Å². The molecule has 12 heavy (non-hydrogen) atoms. The fourth-order valence-electron chi connectivity index (χ4n) is 1.24. The summed E-state index contributed by atoms with van der Waals surface area (Å²) < 4.78 is 1.02. The standard InChI is InChI=1S/C8H8BrN3/c9-6-1-2-7-8(5(6)3-10)12-4-11-7/h1-2,4H,3,10H2,(H,11,12). The van der Waals surface area contributed by atoms with Crippen molar-refractivity contribution >= 4 is 27.0 Å². The number of nitrogens with one attached hydrogen (secondary N) is 1. The van der Waals surface area contributed by atoms with Gasteiger partial charge in [-0.15, -0.1) is 0 Å². The third kappa shape index (κ3) is 1.04. The van der Waals surface area contributed by atoms with Gasteiger partial charge in [0.25, 0.3) is 0 Å². The van der Waals surface area contributed by atoms with Gasteiger partial charge in [0.05, 0.1) is 17.4 Å². The fraction of sp³-hybridized carbons (Fsp3) is 0.125. The van der Waals surface area contributed by atoms with Crippen LogP contribution in [0.3, 0.4) is 0 Å². The van der Waals surface area contributed by atoms with Crippen molar-refractivity contribution < 1.29 is 0 Å². The van der Waals surface area contributed by atoms with Crippen LogP contribution in [0, 0.1) is 0 Å². The van der Waals surface area contributed by atoms with Gasteiger partial charge in [-0.05, 0) is 12.1 Å². The molecule has 2 rings (SSSR count). The van der Waals surface area contributed by atoms with E-state index in [-0.39, 0.29) is 0 Å². The van der Waals surface area contributed by atoms with Crippen LogP contribution < -0.4 is 5.73 Å². The van der Waals surface area contributed by atoms with Gasteiger partial charge < -0.3 is 10.7 Å². The molecule has 2 aromatic rings. The van der Waals surface area contributed by atoms with E-state index in [1.807, 2.05) is 12.1 Å². The van der Waals surface area contributed by atoms with Gasteiger partial charge in [-0.1, -0.05) is 15.9 Å². The van der Waals surface area contributed by atoms with E-state index in [0.29, 0.717) is 6.54 Å². The van der Waals surface area contributed by atoms with E-state index in [0.717, 1.165) is 21.1 Å². The van der Waals surface area contributed by atoms with E-state index >= 15 is 0 Å². The number of rotatable bonds is 1. The second-order valence-corrected chi connectivity index (χ2v) is 3.38. The molecule has 0 aliphatic carbocycles. The van der Waals surface area contributed by atoms with Crippen LogP contribution in [0.2, 0.25) is 0 Å². The Kier molecular flexibility index (Phi) is 1.86. The van der Waals surface area contributed by atoms with E-state index in [1.54, 1.807) is 6.33 Å². The minimum atomic E-state index is 0.503. The van der Waals surface area contributed by atoms with Gasteiger partial charge >= 0.3 is 0 Å². The maximum absolute atomic E-state index is 5.59. The summed E-state index contributed by atoms with van der Waals surface area (Å²) >= 11 is 3.43. The van der Waals surface area contributed by atoms with Crippen molar-refractivity contribution in [2.24, 2.45) is 5.73 Å². The van der Waals surface area contributed by atoms with Crippen LogP contribution in [-0.4, -0.2) is 9.97 Å². The molecule has 1 heterocycles.